The molecule has 3 aliphatic rings. The Labute approximate surface area is 707 Å². The predicted octanol–water partition coefficient (Wildman–Crippen LogP) is 7.77. The molecule has 3 heterocycles. The minimum absolute atomic E-state index is 0.00194. The topological polar surface area (TPSA) is 420 Å². The van der Waals surface area contributed by atoms with E-state index in [0.717, 1.165) is 34.2 Å². The molecule has 119 heavy (non-hydrogen) atoms. The van der Waals surface area contributed by atoms with Crippen LogP contribution in [0.1, 0.15) is 124 Å². The van der Waals surface area contributed by atoms with Crippen molar-refractivity contribution in [1.29, 1.82) is 31.6 Å². The van der Waals surface area contributed by atoms with Crippen LogP contribution in [-0.4, -0.2) is 323 Å². The minimum Gasteiger partial charge on any atom is -0.391 e. The first-order valence-electron chi connectivity index (χ1n) is 41.1. The van der Waals surface area contributed by atoms with Crippen molar-refractivity contribution in [2.24, 2.45) is 5.41 Å². The third kappa shape index (κ3) is 44.6. The standard InChI is InChI=1S/C87H137N9O23/c1-18-87(57-107-53-83(47-102-37-66(8)97)118-46-75(17)114-39-68(10)99,58-108-54-84(49-105-44-73(15)113-38-67(9)98)117-45-74(16)112-24-21-96-64(6)29-78(30-65(96)7)81(35-92)36-93)59-109-55-85(119-56-86(116-41-70(12)101)52-104-43-72(14)111-23-20-95-62(4)27-77(28-63(95)5)80(33-90)34-91)51-106-50-82(115-40-69(11)100)48-103-42-71(13)110-22-19-94-60(2)25-76(26-61(94)3)79(31-88)32-89/h25-30,66-75,82-86,97-101H,18-24,37-59H2,1-17H3. The van der Waals surface area contributed by atoms with Crippen LogP contribution >= 0.6 is 0 Å². The Hall–Kier alpha value is -6.92. The summed E-state index contributed by atoms with van der Waals surface area (Å²) in [6.45, 7) is 35.0. The van der Waals surface area contributed by atoms with Crippen LogP contribution in [0.15, 0.2) is 104 Å². The molecule has 32 heteroatoms. The summed E-state index contributed by atoms with van der Waals surface area (Å²) in [5.41, 5.74) is 6.05. The summed E-state index contributed by atoms with van der Waals surface area (Å²) in [4.78, 5) is 6.14. The zero-order valence-electron chi connectivity index (χ0n) is 73.4. The van der Waals surface area contributed by atoms with Gasteiger partial charge >= 0.3 is 0 Å². The van der Waals surface area contributed by atoms with Crippen molar-refractivity contribution in [3.8, 4) is 36.4 Å². The molecule has 16 atom stereocenters. The van der Waals surface area contributed by atoms with E-state index in [2.05, 4.69) is 0 Å². The molecule has 0 spiro atoms. The van der Waals surface area contributed by atoms with E-state index in [9.17, 15) is 57.1 Å². The van der Waals surface area contributed by atoms with Crippen LogP contribution in [-0.2, 0) is 85.3 Å². The molecule has 3 aliphatic heterocycles. The van der Waals surface area contributed by atoms with Crippen molar-refractivity contribution in [3.05, 3.63) is 104 Å². The number of nitriles is 6. The van der Waals surface area contributed by atoms with Gasteiger partial charge < -0.3 is 125 Å². The molecule has 0 aromatic heterocycles. The van der Waals surface area contributed by atoms with E-state index in [1.54, 1.807) is 71.1 Å². The number of ether oxygens (including phenoxy) is 18. The fraction of sp³-hybridized carbons (Fsp3) is 0.724. The zero-order valence-corrected chi connectivity index (χ0v) is 73.4. The first kappa shape index (κ1) is 106. The van der Waals surface area contributed by atoms with Crippen molar-refractivity contribution in [3.63, 3.8) is 0 Å². The van der Waals surface area contributed by atoms with Gasteiger partial charge in [0.2, 0.25) is 0 Å². The quantitative estimate of drug-likeness (QED) is 0.0363. The highest BCUT2D eigenvalue weighted by atomic mass is 16.6. The second-order valence-corrected chi connectivity index (χ2v) is 30.8. The van der Waals surface area contributed by atoms with Crippen LogP contribution in [0, 0.1) is 73.4 Å². The lowest BCUT2D eigenvalue weighted by atomic mass is 9.88. The fourth-order valence-corrected chi connectivity index (χ4v) is 12.1. The van der Waals surface area contributed by atoms with Gasteiger partial charge in [0.25, 0.3) is 0 Å². The molecule has 32 nitrogen and oxygen atoms in total. The maximum atomic E-state index is 10.5. The molecule has 0 aromatic rings. The predicted molar refractivity (Wildman–Crippen MR) is 441 cm³/mol. The van der Waals surface area contributed by atoms with Gasteiger partial charge in [-0.1, -0.05) is 6.92 Å². The number of allylic oxidation sites excluding steroid dienone is 18. The Balaban J connectivity index is 1.98. The summed E-state index contributed by atoms with van der Waals surface area (Å²) in [7, 11) is 0. The SMILES string of the molecule is CCC(COCC(COCC(C)OCC(C)O)OCC(C)OCCN1C(C)=CC(=C(C#N)C#N)C=C1C)(COCC(COCC(C)O)OCC(C)OCC(C)O)COCC(COCC(COCC(C)OCCN1C(C)=CC(=C(C#N)C#N)C=C1C)OCC(C)O)OCC(COCC(C)OCCN1C(C)=CC(=C(C#N)C#N)C=C1C)OCC(C)O. The van der Waals surface area contributed by atoms with Crippen molar-refractivity contribution >= 4 is 0 Å². The number of rotatable bonds is 66. The zero-order chi connectivity index (χ0) is 88.2. The third-order valence-electron chi connectivity index (χ3n) is 18.6. The van der Waals surface area contributed by atoms with Crippen molar-refractivity contribution in [2.75, 3.05) is 191 Å². The molecule has 0 aromatic carbocycles. The molecule has 3 rings (SSSR count). The Morgan fingerprint density at radius 3 is 0.765 bits per heavy atom. The van der Waals surface area contributed by atoms with E-state index >= 15 is 0 Å². The smallest absolute Gasteiger partial charge is 0.137 e. The van der Waals surface area contributed by atoms with Gasteiger partial charge in [0, 0.05) is 76.0 Å². The van der Waals surface area contributed by atoms with Crippen LogP contribution in [0.4, 0.5) is 0 Å². The lowest BCUT2D eigenvalue weighted by molar-refractivity contribution is -0.149. The molecular weight excluding hydrogens is 1540 g/mol. The molecule has 0 amide bonds. The van der Waals surface area contributed by atoms with Crippen molar-refractivity contribution in [1.82, 2.24) is 14.7 Å². The van der Waals surface area contributed by atoms with E-state index in [0.29, 0.717) is 62.6 Å². The average molecular weight is 1680 g/mol. The summed E-state index contributed by atoms with van der Waals surface area (Å²) in [5, 5.41) is 108. The summed E-state index contributed by atoms with van der Waals surface area (Å²) >= 11 is 0. The molecule has 0 saturated carbocycles. The van der Waals surface area contributed by atoms with Gasteiger partial charge in [0.15, 0.2) is 0 Å². The number of nitrogens with zero attached hydrogens (tertiary/aromatic N) is 9. The van der Waals surface area contributed by atoms with E-state index < -0.39 is 72.6 Å². The maximum absolute atomic E-state index is 10.5. The van der Waals surface area contributed by atoms with Gasteiger partial charge in [-0.05, 0) is 154 Å². The number of hydrogen-bond acceptors (Lipinski definition) is 32. The molecule has 0 radical (unpaired) electrons. The van der Waals surface area contributed by atoms with Gasteiger partial charge in [-0.3, -0.25) is 0 Å². The summed E-state index contributed by atoms with van der Waals surface area (Å²) in [6.07, 6.45) is 2.31. The van der Waals surface area contributed by atoms with Crippen LogP contribution in [0.5, 0.6) is 0 Å². The average Bonchev–Trinajstić information content (AvgIpc) is 0.837. The Kier molecular flexibility index (Phi) is 54.1. The first-order valence-corrected chi connectivity index (χ1v) is 41.1. The second kappa shape index (κ2) is 60.6. The fourth-order valence-electron chi connectivity index (χ4n) is 12.1. The largest absolute Gasteiger partial charge is 0.391 e. The van der Waals surface area contributed by atoms with E-state index in [-0.39, 0.29) is 193 Å². The van der Waals surface area contributed by atoms with Gasteiger partial charge in [-0.15, -0.1) is 0 Å². The summed E-state index contributed by atoms with van der Waals surface area (Å²) in [5.74, 6) is 0. The van der Waals surface area contributed by atoms with Crippen LogP contribution in [0.25, 0.3) is 0 Å². The Morgan fingerprint density at radius 2 is 0.496 bits per heavy atom. The van der Waals surface area contributed by atoms with E-state index in [1.807, 2.05) is 134 Å². The highest BCUT2D eigenvalue weighted by Crippen LogP contribution is 2.29. The number of aliphatic hydroxyl groups is 5. The molecule has 16 unspecified atom stereocenters. The first-order chi connectivity index (χ1) is 56.8. The molecule has 0 saturated heterocycles. The second-order valence-electron chi connectivity index (χ2n) is 30.8. The third-order valence-corrected chi connectivity index (χ3v) is 18.6. The summed E-state index contributed by atoms with van der Waals surface area (Å²) < 4.78 is 113. The number of hydrogen-bond donors (Lipinski definition) is 5. The lowest BCUT2D eigenvalue weighted by Gasteiger charge is -2.34. The van der Waals surface area contributed by atoms with E-state index in [1.165, 1.54) is 0 Å². The highest BCUT2D eigenvalue weighted by Gasteiger charge is 2.33. The molecule has 0 aliphatic carbocycles. The maximum Gasteiger partial charge on any atom is 0.137 e. The van der Waals surface area contributed by atoms with Crippen LogP contribution in [0.3, 0.4) is 0 Å². The van der Waals surface area contributed by atoms with Gasteiger partial charge in [-0.25, -0.2) is 0 Å². The number of aliphatic hydroxyl groups excluding tert-OH is 5. The Morgan fingerprint density at radius 1 is 0.286 bits per heavy atom. The van der Waals surface area contributed by atoms with E-state index in [4.69, 9.17) is 85.3 Å². The molecule has 668 valence electrons. The van der Waals surface area contributed by atoms with Gasteiger partial charge in [-0.2, -0.15) is 31.6 Å². The molecular formula is C87H137N9O23. The molecule has 5 N–H and O–H groups in total. The van der Waals surface area contributed by atoms with Gasteiger partial charge in [0.05, 0.1) is 233 Å². The molecule has 0 bridgehead atoms. The summed E-state index contributed by atoms with van der Waals surface area (Å²) in [6, 6.07) is 11.8. The van der Waals surface area contributed by atoms with Gasteiger partial charge in [0.1, 0.15) is 83.7 Å². The van der Waals surface area contributed by atoms with Crippen molar-refractivity contribution < 1.29 is 111 Å². The molecule has 0 fully saturated rings. The highest BCUT2D eigenvalue weighted by molar-refractivity contribution is 5.55. The van der Waals surface area contributed by atoms with Crippen LogP contribution < -0.4 is 0 Å². The lowest BCUT2D eigenvalue weighted by Crippen LogP contribution is -2.41. The monoisotopic (exact) mass is 1680 g/mol. The minimum atomic E-state index is -0.875. The van der Waals surface area contributed by atoms with Crippen LogP contribution in [0.2, 0.25) is 0 Å². The normalized spacial score (nSPS) is 18.2. The van der Waals surface area contributed by atoms with Crippen molar-refractivity contribution in [2.45, 2.75) is 216 Å². The Bertz CT molecular complexity index is 3400.